The van der Waals surface area contributed by atoms with E-state index < -0.39 is 0 Å². The van der Waals surface area contributed by atoms with Crippen LogP contribution in [0.1, 0.15) is 37.8 Å². The third-order valence-electron chi connectivity index (χ3n) is 5.25. The van der Waals surface area contributed by atoms with Crippen molar-refractivity contribution in [3.05, 3.63) is 24.0 Å². The summed E-state index contributed by atoms with van der Waals surface area (Å²) in [5, 5.41) is 5.85. The Morgan fingerprint density at radius 1 is 1.32 bits per heavy atom. The largest absolute Gasteiger partial charge is 0.342 e. The summed E-state index contributed by atoms with van der Waals surface area (Å²) in [6.07, 6.45) is 4.91. The minimum absolute atomic E-state index is 0.302. The molecule has 5 heteroatoms. The first-order chi connectivity index (χ1) is 10.6. The molecule has 2 aromatic rings. The van der Waals surface area contributed by atoms with Gasteiger partial charge in [0.25, 0.3) is 0 Å². The Balaban J connectivity index is 1.50. The molecule has 1 saturated heterocycles. The Morgan fingerprint density at radius 2 is 2.05 bits per heavy atom. The lowest BCUT2D eigenvalue weighted by Gasteiger charge is -2.31. The van der Waals surface area contributed by atoms with Crippen LogP contribution in [0.15, 0.2) is 18.3 Å². The first-order valence-electron chi connectivity index (χ1n) is 8.21. The van der Waals surface area contributed by atoms with E-state index in [0.717, 1.165) is 49.1 Å². The van der Waals surface area contributed by atoms with Crippen LogP contribution in [0.4, 0.5) is 0 Å². The topological polar surface area (TPSA) is 51.0 Å². The molecular weight excluding hydrogens is 276 g/mol. The number of piperidine rings is 1. The summed E-state index contributed by atoms with van der Waals surface area (Å²) in [5.74, 6) is 1.71. The summed E-state index contributed by atoms with van der Waals surface area (Å²) in [7, 11) is 1.95. The number of aryl methyl sites for hydroxylation is 1. The number of nitrogens with zero attached hydrogens (tertiary/aromatic N) is 4. The molecule has 4 rings (SSSR count). The summed E-state index contributed by atoms with van der Waals surface area (Å²) in [6.45, 7) is 3.90. The molecule has 2 atom stereocenters. The van der Waals surface area contributed by atoms with Crippen LogP contribution >= 0.6 is 0 Å². The van der Waals surface area contributed by atoms with Crippen LogP contribution in [-0.4, -0.2) is 38.7 Å². The van der Waals surface area contributed by atoms with Crippen LogP contribution in [0.2, 0.25) is 0 Å². The van der Waals surface area contributed by atoms with Gasteiger partial charge in [-0.25, -0.2) is 4.98 Å². The summed E-state index contributed by atoms with van der Waals surface area (Å²) in [6, 6.07) is 4.08. The van der Waals surface area contributed by atoms with Crippen molar-refractivity contribution in [2.45, 2.75) is 32.1 Å². The fourth-order valence-electron chi connectivity index (χ4n) is 3.69. The quantitative estimate of drug-likeness (QED) is 0.855. The van der Waals surface area contributed by atoms with Crippen molar-refractivity contribution in [1.82, 2.24) is 19.7 Å². The first kappa shape index (κ1) is 13.7. The monoisotopic (exact) mass is 298 g/mol. The minimum Gasteiger partial charge on any atom is -0.342 e. The second-order valence-electron chi connectivity index (χ2n) is 6.80. The summed E-state index contributed by atoms with van der Waals surface area (Å²) in [5.41, 5.74) is 2.10. The maximum absolute atomic E-state index is 12.3. The minimum atomic E-state index is 0.302. The van der Waals surface area contributed by atoms with E-state index in [2.05, 4.69) is 22.9 Å². The second-order valence-corrected chi connectivity index (χ2v) is 6.80. The number of carbonyl (C=O) groups is 1. The molecule has 1 saturated carbocycles. The highest BCUT2D eigenvalue weighted by atomic mass is 16.2. The van der Waals surface area contributed by atoms with Crippen molar-refractivity contribution < 1.29 is 4.79 Å². The van der Waals surface area contributed by atoms with Crippen molar-refractivity contribution in [1.29, 1.82) is 0 Å². The molecule has 1 aliphatic heterocycles. The second kappa shape index (κ2) is 5.07. The number of aromatic nitrogens is 3. The van der Waals surface area contributed by atoms with Crippen molar-refractivity contribution in [3.63, 3.8) is 0 Å². The molecule has 0 unspecified atom stereocenters. The number of likely N-dealkylation sites (tertiary alicyclic amines) is 1. The van der Waals surface area contributed by atoms with Crippen LogP contribution < -0.4 is 0 Å². The molecule has 22 heavy (non-hydrogen) atoms. The lowest BCUT2D eigenvalue weighted by Crippen LogP contribution is -2.39. The Hall–Kier alpha value is -1.91. The number of pyridine rings is 1. The molecule has 0 aromatic carbocycles. The zero-order valence-corrected chi connectivity index (χ0v) is 13.2. The molecule has 0 radical (unpaired) electrons. The van der Waals surface area contributed by atoms with Gasteiger partial charge >= 0.3 is 0 Å². The van der Waals surface area contributed by atoms with Gasteiger partial charge in [-0.2, -0.15) is 5.10 Å². The molecule has 0 N–H and O–H groups in total. The van der Waals surface area contributed by atoms with Crippen molar-refractivity contribution in [2.24, 2.45) is 18.9 Å². The lowest BCUT2D eigenvalue weighted by atomic mass is 9.92. The number of hydrogen-bond donors (Lipinski definition) is 0. The van der Waals surface area contributed by atoms with Gasteiger partial charge in [0.1, 0.15) is 0 Å². The van der Waals surface area contributed by atoms with E-state index in [-0.39, 0.29) is 0 Å². The van der Waals surface area contributed by atoms with E-state index in [4.69, 9.17) is 5.10 Å². The van der Waals surface area contributed by atoms with Gasteiger partial charge in [0.2, 0.25) is 5.91 Å². The molecule has 2 aromatic heterocycles. The van der Waals surface area contributed by atoms with E-state index in [0.29, 0.717) is 23.7 Å². The normalized spacial score (nSPS) is 25.6. The molecule has 2 fully saturated rings. The molecular formula is C17H22N4O. The van der Waals surface area contributed by atoms with E-state index in [9.17, 15) is 4.79 Å². The maximum atomic E-state index is 12.3. The van der Waals surface area contributed by atoms with E-state index in [1.807, 2.05) is 24.0 Å². The van der Waals surface area contributed by atoms with E-state index in [1.165, 1.54) is 0 Å². The van der Waals surface area contributed by atoms with E-state index >= 15 is 0 Å². The van der Waals surface area contributed by atoms with Crippen LogP contribution in [0.5, 0.6) is 0 Å². The summed E-state index contributed by atoms with van der Waals surface area (Å²) in [4.78, 5) is 18.8. The highest BCUT2D eigenvalue weighted by Gasteiger charge is 2.42. The lowest BCUT2D eigenvalue weighted by molar-refractivity contribution is -0.133. The third-order valence-corrected chi connectivity index (χ3v) is 5.25. The van der Waals surface area contributed by atoms with Crippen molar-refractivity contribution in [2.75, 3.05) is 13.1 Å². The fourth-order valence-corrected chi connectivity index (χ4v) is 3.69. The highest BCUT2D eigenvalue weighted by Crippen LogP contribution is 2.40. The smallest absolute Gasteiger partial charge is 0.225 e. The predicted molar refractivity (Wildman–Crippen MR) is 84.3 cm³/mol. The molecule has 3 heterocycles. The number of carbonyl (C=O) groups excluding carboxylic acids is 1. The van der Waals surface area contributed by atoms with Gasteiger partial charge in [0.05, 0.1) is 5.69 Å². The average molecular weight is 298 g/mol. The fraction of sp³-hybridized carbons (Fsp3) is 0.588. The number of amides is 1. The first-order valence-corrected chi connectivity index (χ1v) is 8.21. The van der Waals surface area contributed by atoms with Gasteiger partial charge < -0.3 is 4.90 Å². The Morgan fingerprint density at radius 3 is 2.73 bits per heavy atom. The van der Waals surface area contributed by atoms with Gasteiger partial charge in [-0.3, -0.25) is 9.48 Å². The predicted octanol–water partition coefficient (Wildman–Crippen LogP) is 2.33. The number of rotatable bonds is 2. The van der Waals surface area contributed by atoms with Crippen LogP contribution in [0.25, 0.3) is 11.0 Å². The Labute approximate surface area is 130 Å². The van der Waals surface area contributed by atoms with E-state index in [1.54, 1.807) is 0 Å². The molecule has 2 aliphatic rings. The standard InChI is InChI=1S/C17H22N4O/c1-11-10-14(11)17(22)21-8-5-12(6-9-21)15-13-4-3-7-18-16(13)20(2)19-15/h3-4,7,11-12,14H,5-6,8-10H2,1-2H3/t11-,14+/m0/s1. The molecule has 0 bridgehead atoms. The van der Waals surface area contributed by atoms with Crippen LogP contribution in [0.3, 0.4) is 0 Å². The SMILES string of the molecule is C[C@H]1C[C@H]1C(=O)N1CCC(c2nn(C)c3ncccc23)CC1. The van der Waals surface area contributed by atoms with Crippen LogP contribution in [0, 0.1) is 11.8 Å². The molecule has 5 nitrogen and oxygen atoms in total. The van der Waals surface area contributed by atoms with Crippen LogP contribution in [-0.2, 0) is 11.8 Å². The molecule has 116 valence electrons. The van der Waals surface area contributed by atoms with Gasteiger partial charge in [-0.05, 0) is 37.3 Å². The molecule has 0 spiro atoms. The summed E-state index contributed by atoms with van der Waals surface area (Å²) < 4.78 is 1.87. The zero-order chi connectivity index (χ0) is 15.3. The highest BCUT2D eigenvalue weighted by molar-refractivity contribution is 5.82. The number of fused-ring (bicyclic) bond motifs is 1. The third kappa shape index (κ3) is 2.19. The molecule has 1 aliphatic carbocycles. The maximum Gasteiger partial charge on any atom is 0.225 e. The summed E-state index contributed by atoms with van der Waals surface area (Å²) >= 11 is 0. The van der Waals surface area contributed by atoms with Crippen molar-refractivity contribution in [3.8, 4) is 0 Å². The zero-order valence-electron chi connectivity index (χ0n) is 13.2. The Bertz CT molecular complexity index is 715. The molecule has 1 amide bonds. The van der Waals surface area contributed by atoms with Gasteiger partial charge in [0, 0.05) is 43.6 Å². The van der Waals surface area contributed by atoms with Gasteiger partial charge in [-0.15, -0.1) is 0 Å². The van der Waals surface area contributed by atoms with Gasteiger partial charge in [-0.1, -0.05) is 6.92 Å². The Kier molecular flexibility index (Phi) is 3.17. The number of hydrogen-bond acceptors (Lipinski definition) is 3. The van der Waals surface area contributed by atoms with Crippen molar-refractivity contribution >= 4 is 16.9 Å². The van der Waals surface area contributed by atoms with Gasteiger partial charge in [0.15, 0.2) is 5.65 Å². The average Bonchev–Trinajstić information content (AvgIpc) is 3.19.